The van der Waals surface area contributed by atoms with E-state index in [0.29, 0.717) is 17.5 Å². The number of likely N-dealkylation sites (N-methyl/N-ethyl adjacent to an activating group) is 1. The van der Waals surface area contributed by atoms with Gasteiger partial charge in [-0.2, -0.15) is 0 Å². The van der Waals surface area contributed by atoms with Crippen LogP contribution in [0.1, 0.15) is 19.2 Å². The highest BCUT2D eigenvalue weighted by atomic mass is 16.1. The first kappa shape index (κ1) is 13.2. The van der Waals surface area contributed by atoms with Crippen molar-refractivity contribution in [2.24, 2.45) is 11.6 Å². The summed E-state index contributed by atoms with van der Waals surface area (Å²) in [6, 6.07) is 1.67. The van der Waals surface area contributed by atoms with E-state index in [4.69, 9.17) is 11.6 Å². The second-order valence-corrected chi connectivity index (χ2v) is 3.74. The first-order chi connectivity index (χ1) is 8.06. The van der Waals surface area contributed by atoms with Crippen LogP contribution in [0.5, 0.6) is 0 Å². The Morgan fingerprint density at radius 3 is 2.76 bits per heavy atom. The first-order valence-electron chi connectivity index (χ1n) is 5.40. The normalized spacial score (nSPS) is 10.1. The summed E-state index contributed by atoms with van der Waals surface area (Å²) in [6.07, 6.45) is 1.69. The zero-order valence-corrected chi connectivity index (χ0v) is 10.1. The molecule has 1 heterocycles. The number of carbonyl (C=O) groups excluding carboxylic acids is 1. The molecule has 0 saturated carbocycles. The van der Waals surface area contributed by atoms with E-state index in [1.165, 1.54) is 0 Å². The van der Waals surface area contributed by atoms with Crippen molar-refractivity contribution in [3.8, 4) is 0 Å². The van der Waals surface area contributed by atoms with Crippen LogP contribution in [-0.2, 0) is 11.2 Å². The van der Waals surface area contributed by atoms with Gasteiger partial charge in [0.2, 0.25) is 5.91 Å². The molecule has 0 spiro atoms. The Morgan fingerprint density at radius 1 is 1.53 bits per heavy atom. The summed E-state index contributed by atoms with van der Waals surface area (Å²) in [5, 5.41) is 0. The highest BCUT2D eigenvalue weighted by Gasteiger charge is 2.09. The number of nitrogen functional groups attached to an aromatic ring is 1. The predicted molar refractivity (Wildman–Crippen MR) is 66.3 cm³/mol. The number of hydrazine groups is 1. The van der Waals surface area contributed by atoms with Crippen molar-refractivity contribution in [2.45, 2.75) is 19.8 Å². The number of hydrogen-bond acceptors (Lipinski definition) is 6. The third kappa shape index (κ3) is 3.87. The van der Waals surface area contributed by atoms with Gasteiger partial charge in [-0.3, -0.25) is 4.79 Å². The second kappa shape index (κ2) is 6.00. The Kier molecular flexibility index (Phi) is 4.65. The van der Waals surface area contributed by atoms with Gasteiger partial charge in [-0.25, -0.2) is 15.8 Å². The summed E-state index contributed by atoms with van der Waals surface area (Å²) in [4.78, 5) is 21.1. The number of nitrogens with one attached hydrogen (secondary N) is 1. The average molecular weight is 238 g/mol. The van der Waals surface area contributed by atoms with E-state index in [9.17, 15) is 4.79 Å². The number of anilines is 2. The lowest BCUT2D eigenvalue weighted by atomic mass is 10.3. The number of hydrogen-bond donors (Lipinski definition) is 3. The maximum Gasteiger partial charge on any atom is 0.236 e. The van der Waals surface area contributed by atoms with E-state index >= 15 is 0 Å². The van der Waals surface area contributed by atoms with Gasteiger partial charge in [-0.15, -0.1) is 0 Å². The van der Waals surface area contributed by atoms with Crippen LogP contribution >= 0.6 is 0 Å². The number of primary amides is 1. The van der Waals surface area contributed by atoms with Crippen molar-refractivity contribution in [1.82, 2.24) is 9.97 Å². The summed E-state index contributed by atoms with van der Waals surface area (Å²) in [7, 11) is 1.74. The van der Waals surface area contributed by atoms with Gasteiger partial charge in [0.15, 0.2) is 0 Å². The quantitative estimate of drug-likeness (QED) is 0.461. The molecule has 0 radical (unpaired) electrons. The van der Waals surface area contributed by atoms with Gasteiger partial charge in [0.1, 0.15) is 17.5 Å². The molecule has 1 aromatic rings. The first-order valence-corrected chi connectivity index (χ1v) is 5.40. The zero-order chi connectivity index (χ0) is 12.8. The lowest BCUT2D eigenvalue weighted by Gasteiger charge is -2.17. The lowest BCUT2D eigenvalue weighted by Crippen LogP contribution is -2.31. The van der Waals surface area contributed by atoms with Crippen molar-refractivity contribution in [3.05, 3.63) is 11.9 Å². The maximum atomic E-state index is 10.8. The Bertz CT molecular complexity index is 394. The largest absolute Gasteiger partial charge is 0.368 e. The van der Waals surface area contributed by atoms with E-state index < -0.39 is 5.91 Å². The fourth-order valence-electron chi connectivity index (χ4n) is 1.40. The molecule has 1 rings (SSSR count). The van der Waals surface area contributed by atoms with Crippen LogP contribution in [0.3, 0.4) is 0 Å². The number of carbonyl (C=O) groups is 1. The summed E-state index contributed by atoms with van der Waals surface area (Å²) in [6.45, 7) is 2.14. The number of aryl methyl sites for hydroxylation is 1. The van der Waals surface area contributed by atoms with Crippen LogP contribution in [0.25, 0.3) is 0 Å². The van der Waals surface area contributed by atoms with Gasteiger partial charge in [-0.05, 0) is 6.42 Å². The molecular weight excluding hydrogens is 220 g/mol. The van der Waals surface area contributed by atoms with Crippen molar-refractivity contribution in [2.75, 3.05) is 23.9 Å². The highest BCUT2D eigenvalue weighted by molar-refractivity contribution is 5.79. The molecular formula is C10H18N6O. The van der Waals surface area contributed by atoms with Gasteiger partial charge < -0.3 is 16.1 Å². The van der Waals surface area contributed by atoms with Gasteiger partial charge in [-0.1, -0.05) is 6.92 Å². The smallest absolute Gasteiger partial charge is 0.236 e. The number of amides is 1. The van der Waals surface area contributed by atoms with Gasteiger partial charge in [0.05, 0.1) is 6.54 Å². The predicted octanol–water partition coefficient (Wildman–Crippen LogP) is -0.364. The van der Waals surface area contributed by atoms with E-state index in [1.807, 2.05) is 6.92 Å². The van der Waals surface area contributed by atoms with Crippen LogP contribution in [-0.4, -0.2) is 29.5 Å². The zero-order valence-electron chi connectivity index (χ0n) is 10.1. The average Bonchev–Trinajstić information content (AvgIpc) is 2.28. The lowest BCUT2D eigenvalue weighted by molar-refractivity contribution is -0.116. The number of aromatic nitrogens is 2. The summed E-state index contributed by atoms with van der Waals surface area (Å²) in [5.41, 5.74) is 7.61. The van der Waals surface area contributed by atoms with E-state index in [-0.39, 0.29) is 6.54 Å². The molecule has 17 heavy (non-hydrogen) atoms. The molecule has 0 fully saturated rings. The Labute approximate surface area is 100 Å². The molecule has 0 aliphatic heterocycles. The summed E-state index contributed by atoms with van der Waals surface area (Å²) < 4.78 is 0. The molecule has 0 unspecified atom stereocenters. The van der Waals surface area contributed by atoms with Gasteiger partial charge in [0.25, 0.3) is 0 Å². The topological polar surface area (TPSA) is 110 Å². The molecule has 1 amide bonds. The molecule has 94 valence electrons. The second-order valence-electron chi connectivity index (χ2n) is 3.74. The molecule has 0 saturated heterocycles. The minimum absolute atomic E-state index is 0.104. The molecule has 5 N–H and O–H groups in total. The van der Waals surface area contributed by atoms with Gasteiger partial charge in [0, 0.05) is 19.5 Å². The fraction of sp³-hybridized carbons (Fsp3) is 0.500. The number of nitrogens with zero attached hydrogens (tertiary/aromatic N) is 3. The standard InChI is InChI=1S/C10H18N6O/c1-3-4-8-13-9(15-12)5-10(14-8)16(2)6-7(11)17/h5H,3-4,6,12H2,1-2H3,(H2,11,17)(H,13,14,15). The van der Waals surface area contributed by atoms with Gasteiger partial charge >= 0.3 is 0 Å². The number of rotatable bonds is 6. The van der Waals surface area contributed by atoms with Crippen LogP contribution in [0.2, 0.25) is 0 Å². The molecule has 0 aromatic carbocycles. The van der Waals surface area contributed by atoms with Crippen molar-refractivity contribution >= 4 is 17.5 Å². The van der Waals surface area contributed by atoms with Crippen LogP contribution in [0.15, 0.2) is 6.07 Å². The molecule has 0 atom stereocenters. The van der Waals surface area contributed by atoms with E-state index in [0.717, 1.165) is 12.8 Å². The number of nitrogens with two attached hydrogens (primary N) is 2. The highest BCUT2D eigenvalue weighted by Crippen LogP contribution is 2.14. The monoisotopic (exact) mass is 238 g/mol. The van der Waals surface area contributed by atoms with Crippen LogP contribution in [0, 0.1) is 0 Å². The van der Waals surface area contributed by atoms with Crippen LogP contribution in [0.4, 0.5) is 11.6 Å². The molecule has 0 aliphatic rings. The molecule has 0 aliphatic carbocycles. The van der Waals surface area contributed by atoms with Crippen LogP contribution < -0.4 is 21.9 Å². The third-order valence-corrected chi connectivity index (χ3v) is 2.16. The molecule has 7 heteroatoms. The Hall–Kier alpha value is -1.89. The van der Waals surface area contributed by atoms with E-state index in [2.05, 4.69) is 15.4 Å². The van der Waals surface area contributed by atoms with E-state index in [1.54, 1.807) is 18.0 Å². The fourth-order valence-corrected chi connectivity index (χ4v) is 1.40. The van der Waals surface area contributed by atoms with Crippen molar-refractivity contribution in [1.29, 1.82) is 0 Å². The molecule has 0 bridgehead atoms. The third-order valence-electron chi connectivity index (χ3n) is 2.16. The summed E-state index contributed by atoms with van der Waals surface area (Å²) >= 11 is 0. The molecule has 1 aromatic heterocycles. The Morgan fingerprint density at radius 2 is 2.24 bits per heavy atom. The SMILES string of the molecule is CCCc1nc(NN)cc(N(C)CC(N)=O)n1. The minimum atomic E-state index is -0.412. The summed E-state index contributed by atoms with van der Waals surface area (Å²) in [5.74, 6) is 6.76. The van der Waals surface area contributed by atoms with Crippen molar-refractivity contribution < 1.29 is 4.79 Å². The molecule has 7 nitrogen and oxygen atoms in total. The minimum Gasteiger partial charge on any atom is -0.368 e. The Balaban J connectivity index is 2.96. The maximum absolute atomic E-state index is 10.8. The van der Waals surface area contributed by atoms with Crippen molar-refractivity contribution in [3.63, 3.8) is 0 Å².